The molecule has 2 heterocycles. The Morgan fingerprint density at radius 1 is 0.846 bits per heavy atom. The number of nitrogens with zero attached hydrogens (tertiary/aromatic N) is 1. The number of carbonyl (C=O) groups is 1. The fourth-order valence-corrected chi connectivity index (χ4v) is 3.62. The van der Waals surface area contributed by atoms with E-state index in [-0.39, 0.29) is 5.78 Å². The molecule has 3 heteroatoms. The molecule has 0 aliphatic heterocycles. The number of H-pyrrole nitrogens is 1. The maximum atomic E-state index is 11.6. The third-order valence-electron chi connectivity index (χ3n) is 4.91. The first kappa shape index (κ1) is 14.8. The van der Waals surface area contributed by atoms with Crippen LogP contribution in [0.25, 0.3) is 44.0 Å². The Kier molecular flexibility index (Phi) is 3.16. The highest BCUT2D eigenvalue weighted by Crippen LogP contribution is 2.37. The van der Waals surface area contributed by atoms with Crippen molar-refractivity contribution < 1.29 is 4.79 Å². The van der Waals surface area contributed by atoms with Crippen molar-refractivity contribution in [3.8, 4) is 11.3 Å². The monoisotopic (exact) mass is 336 g/mol. The van der Waals surface area contributed by atoms with Crippen molar-refractivity contribution >= 4 is 38.5 Å². The molecule has 0 aliphatic carbocycles. The SMILES string of the molecule is CC(=O)c1ccc(-c2nc3ccccc3c3[nH]c4ccccc4c23)cc1. The number of hydrogen-bond donors (Lipinski definition) is 1. The number of carbonyl (C=O) groups excluding carboxylic acids is 1. The molecule has 0 unspecified atom stereocenters. The molecular formula is C23H16N2O. The van der Waals surface area contributed by atoms with Gasteiger partial charge in [0.25, 0.3) is 0 Å². The molecule has 5 aromatic rings. The number of fused-ring (bicyclic) bond motifs is 5. The Morgan fingerprint density at radius 2 is 1.54 bits per heavy atom. The summed E-state index contributed by atoms with van der Waals surface area (Å²) in [5, 5.41) is 3.39. The van der Waals surface area contributed by atoms with Crippen LogP contribution >= 0.6 is 0 Å². The summed E-state index contributed by atoms with van der Waals surface area (Å²) in [6.45, 7) is 1.58. The Morgan fingerprint density at radius 3 is 2.31 bits per heavy atom. The molecule has 0 fully saturated rings. The zero-order valence-electron chi connectivity index (χ0n) is 14.3. The van der Waals surface area contributed by atoms with Gasteiger partial charge in [-0.3, -0.25) is 4.79 Å². The summed E-state index contributed by atoms with van der Waals surface area (Å²) in [6.07, 6.45) is 0. The molecule has 0 amide bonds. The smallest absolute Gasteiger partial charge is 0.159 e. The number of pyridine rings is 1. The van der Waals surface area contributed by atoms with Crippen LogP contribution in [-0.2, 0) is 0 Å². The molecule has 0 atom stereocenters. The lowest BCUT2D eigenvalue weighted by Crippen LogP contribution is -1.92. The molecule has 5 rings (SSSR count). The second kappa shape index (κ2) is 5.53. The third kappa shape index (κ3) is 2.14. The first-order valence-electron chi connectivity index (χ1n) is 8.63. The van der Waals surface area contributed by atoms with E-state index in [0.717, 1.165) is 44.0 Å². The van der Waals surface area contributed by atoms with Gasteiger partial charge in [-0.15, -0.1) is 0 Å². The van der Waals surface area contributed by atoms with Gasteiger partial charge in [0.05, 0.1) is 16.7 Å². The number of nitrogens with one attached hydrogen (secondary N) is 1. The van der Waals surface area contributed by atoms with E-state index in [4.69, 9.17) is 4.98 Å². The number of ketones is 1. The minimum Gasteiger partial charge on any atom is -0.354 e. The molecule has 0 aliphatic rings. The largest absolute Gasteiger partial charge is 0.354 e. The summed E-state index contributed by atoms with van der Waals surface area (Å²) in [4.78, 5) is 20.1. The Hall–Kier alpha value is -3.46. The van der Waals surface area contributed by atoms with Crippen molar-refractivity contribution in [3.05, 3.63) is 78.4 Å². The van der Waals surface area contributed by atoms with Gasteiger partial charge in [-0.25, -0.2) is 4.98 Å². The van der Waals surface area contributed by atoms with Gasteiger partial charge in [-0.2, -0.15) is 0 Å². The Labute approximate surface area is 150 Å². The number of para-hydroxylation sites is 2. The zero-order chi connectivity index (χ0) is 17.7. The maximum Gasteiger partial charge on any atom is 0.159 e. The third-order valence-corrected chi connectivity index (χ3v) is 4.91. The number of aromatic amines is 1. The van der Waals surface area contributed by atoms with Crippen LogP contribution in [0.5, 0.6) is 0 Å². The van der Waals surface area contributed by atoms with Crippen LogP contribution in [0.4, 0.5) is 0 Å². The quantitative estimate of drug-likeness (QED) is 0.418. The van der Waals surface area contributed by atoms with Gasteiger partial charge in [-0.1, -0.05) is 60.7 Å². The molecule has 3 nitrogen and oxygen atoms in total. The summed E-state index contributed by atoms with van der Waals surface area (Å²) in [6, 6.07) is 24.2. The van der Waals surface area contributed by atoms with Crippen molar-refractivity contribution in [2.75, 3.05) is 0 Å². The molecule has 0 saturated carbocycles. The van der Waals surface area contributed by atoms with Gasteiger partial charge in [-0.05, 0) is 19.1 Å². The van der Waals surface area contributed by atoms with Crippen LogP contribution in [0.1, 0.15) is 17.3 Å². The summed E-state index contributed by atoms with van der Waals surface area (Å²) in [5.41, 5.74) is 5.81. The predicted octanol–water partition coefficient (Wildman–Crippen LogP) is 5.74. The van der Waals surface area contributed by atoms with E-state index >= 15 is 0 Å². The molecule has 124 valence electrons. The molecule has 2 aromatic heterocycles. The van der Waals surface area contributed by atoms with Crippen LogP contribution in [-0.4, -0.2) is 15.8 Å². The topological polar surface area (TPSA) is 45.8 Å². The van der Waals surface area contributed by atoms with Gasteiger partial charge < -0.3 is 4.98 Å². The zero-order valence-corrected chi connectivity index (χ0v) is 14.3. The van der Waals surface area contributed by atoms with Crippen LogP contribution in [0, 0.1) is 0 Å². The van der Waals surface area contributed by atoms with Gasteiger partial charge in [0, 0.05) is 32.8 Å². The highest BCUT2D eigenvalue weighted by atomic mass is 16.1. The highest BCUT2D eigenvalue weighted by Gasteiger charge is 2.15. The molecule has 26 heavy (non-hydrogen) atoms. The molecular weight excluding hydrogens is 320 g/mol. The lowest BCUT2D eigenvalue weighted by Gasteiger charge is -2.08. The minimum atomic E-state index is 0.0697. The van der Waals surface area contributed by atoms with Gasteiger partial charge in [0.1, 0.15) is 0 Å². The summed E-state index contributed by atoms with van der Waals surface area (Å²) < 4.78 is 0. The molecule has 3 aromatic carbocycles. The molecule has 1 N–H and O–H groups in total. The van der Waals surface area contributed by atoms with Gasteiger partial charge in [0.15, 0.2) is 5.78 Å². The lowest BCUT2D eigenvalue weighted by atomic mass is 10.0. The number of aromatic nitrogens is 2. The minimum absolute atomic E-state index is 0.0697. The molecule has 0 spiro atoms. The first-order valence-corrected chi connectivity index (χ1v) is 8.63. The van der Waals surface area contributed by atoms with Crippen LogP contribution in [0.15, 0.2) is 72.8 Å². The van der Waals surface area contributed by atoms with Gasteiger partial charge >= 0.3 is 0 Å². The van der Waals surface area contributed by atoms with Crippen molar-refractivity contribution in [3.63, 3.8) is 0 Å². The van der Waals surface area contributed by atoms with E-state index in [1.165, 1.54) is 0 Å². The van der Waals surface area contributed by atoms with E-state index in [1.54, 1.807) is 6.92 Å². The molecule has 0 bridgehead atoms. The summed E-state index contributed by atoms with van der Waals surface area (Å²) in [5.74, 6) is 0.0697. The van der Waals surface area contributed by atoms with Crippen LogP contribution in [0.3, 0.4) is 0 Å². The highest BCUT2D eigenvalue weighted by molar-refractivity contribution is 6.20. The normalized spacial score (nSPS) is 11.4. The van der Waals surface area contributed by atoms with E-state index in [9.17, 15) is 4.79 Å². The second-order valence-electron chi connectivity index (χ2n) is 6.53. The Bertz CT molecular complexity index is 1300. The summed E-state index contributed by atoms with van der Waals surface area (Å²) >= 11 is 0. The lowest BCUT2D eigenvalue weighted by molar-refractivity contribution is 0.101. The summed E-state index contributed by atoms with van der Waals surface area (Å²) in [7, 11) is 0. The maximum absolute atomic E-state index is 11.6. The van der Waals surface area contributed by atoms with E-state index in [0.29, 0.717) is 5.56 Å². The number of rotatable bonds is 2. The van der Waals surface area contributed by atoms with Crippen molar-refractivity contribution in [1.82, 2.24) is 9.97 Å². The van der Waals surface area contributed by atoms with Crippen molar-refractivity contribution in [1.29, 1.82) is 0 Å². The number of benzene rings is 3. The predicted molar refractivity (Wildman–Crippen MR) is 107 cm³/mol. The van der Waals surface area contributed by atoms with E-state index in [2.05, 4.69) is 23.2 Å². The first-order chi connectivity index (χ1) is 12.7. The Balaban J connectivity index is 1.92. The number of hydrogen-bond acceptors (Lipinski definition) is 2. The van der Waals surface area contributed by atoms with E-state index in [1.807, 2.05) is 54.6 Å². The molecule has 0 radical (unpaired) electrons. The average Bonchev–Trinajstić information content (AvgIpc) is 3.07. The van der Waals surface area contributed by atoms with Crippen LogP contribution < -0.4 is 0 Å². The van der Waals surface area contributed by atoms with Crippen molar-refractivity contribution in [2.45, 2.75) is 6.92 Å². The number of Topliss-reactive ketones (excluding diaryl/α,β-unsaturated/α-hetero) is 1. The second-order valence-corrected chi connectivity index (χ2v) is 6.53. The van der Waals surface area contributed by atoms with Gasteiger partial charge in [0.2, 0.25) is 0 Å². The van der Waals surface area contributed by atoms with E-state index < -0.39 is 0 Å². The fraction of sp³-hybridized carbons (Fsp3) is 0.0435. The molecule has 0 saturated heterocycles. The standard InChI is InChI=1S/C23H16N2O/c1-14(26)15-10-12-16(13-11-15)22-21-17-6-2-4-8-19(17)25-23(21)18-7-3-5-9-20(18)24-22/h2-13,25H,1H3. The van der Waals surface area contributed by atoms with Crippen LogP contribution in [0.2, 0.25) is 0 Å². The fourth-order valence-electron chi connectivity index (χ4n) is 3.62. The van der Waals surface area contributed by atoms with Crippen molar-refractivity contribution in [2.24, 2.45) is 0 Å². The average molecular weight is 336 g/mol.